The molecule has 4 N–H and O–H groups in total. The first-order chi connectivity index (χ1) is 11.2. The first-order valence-electron chi connectivity index (χ1n) is 7.16. The third kappa shape index (κ3) is 2.51. The fourth-order valence-corrected chi connectivity index (χ4v) is 2.82. The normalized spacial score (nSPS) is 16.8. The van der Waals surface area contributed by atoms with Gasteiger partial charge in [-0.15, -0.1) is 0 Å². The highest BCUT2D eigenvalue weighted by Crippen LogP contribution is 2.43. The molecule has 0 spiro atoms. The lowest BCUT2D eigenvalue weighted by atomic mass is 9.83. The monoisotopic (exact) mass is 304 g/mol. The van der Waals surface area contributed by atoms with Gasteiger partial charge in [-0.25, -0.2) is 0 Å². The van der Waals surface area contributed by atoms with E-state index >= 15 is 0 Å². The Morgan fingerprint density at radius 3 is 2.87 bits per heavy atom. The van der Waals surface area contributed by atoms with Crippen molar-refractivity contribution in [3.8, 4) is 11.8 Å². The predicted octanol–water partition coefficient (Wildman–Crippen LogP) is 2.54. The van der Waals surface area contributed by atoms with E-state index in [1.807, 2.05) is 31.2 Å². The smallest absolute Gasteiger partial charge is 0.205 e. The predicted molar refractivity (Wildman–Crippen MR) is 87.9 cm³/mol. The fraction of sp³-hybridized carbons (Fsp3) is 0.111. The molecule has 1 aliphatic heterocycles. The fourth-order valence-electron chi connectivity index (χ4n) is 2.82. The number of aryl methyl sites for hydroxylation is 1. The molecule has 0 amide bonds. The van der Waals surface area contributed by atoms with E-state index in [1.54, 1.807) is 18.5 Å². The second-order valence-electron chi connectivity index (χ2n) is 5.35. The molecule has 2 aromatic rings. The molecule has 0 bridgehead atoms. The highest BCUT2D eigenvalue weighted by atomic mass is 16.5. The summed E-state index contributed by atoms with van der Waals surface area (Å²) >= 11 is 0. The molecule has 1 aromatic carbocycles. The lowest BCUT2D eigenvalue weighted by Gasteiger charge is -2.27. The van der Waals surface area contributed by atoms with Gasteiger partial charge in [0.1, 0.15) is 17.4 Å². The van der Waals surface area contributed by atoms with Gasteiger partial charge in [0.05, 0.1) is 5.92 Å². The van der Waals surface area contributed by atoms with Crippen molar-refractivity contribution in [1.29, 1.82) is 5.26 Å². The first-order valence-corrected chi connectivity index (χ1v) is 7.16. The van der Waals surface area contributed by atoms with Crippen molar-refractivity contribution in [1.82, 2.24) is 4.98 Å². The molecule has 1 atom stereocenters. The molecule has 0 fully saturated rings. The summed E-state index contributed by atoms with van der Waals surface area (Å²) in [6.45, 7) is 1.96. The number of rotatable bonds is 2. The van der Waals surface area contributed by atoms with Gasteiger partial charge in [0.15, 0.2) is 0 Å². The van der Waals surface area contributed by atoms with Gasteiger partial charge < -0.3 is 16.2 Å². The highest BCUT2D eigenvalue weighted by molar-refractivity contribution is 5.65. The van der Waals surface area contributed by atoms with Crippen LogP contribution in [0.3, 0.4) is 0 Å². The van der Waals surface area contributed by atoms with Gasteiger partial charge in [0, 0.05) is 23.5 Å². The molecule has 1 aliphatic rings. The van der Waals surface area contributed by atoms with Crippen LogP contribution in [0.15, 0.2) is 54.3 Å². The Bertz CT molecular complexity index is 862. The number of ether oxygens (including phenoxy) is 1. The summed E-state index contributed by atoms with van der Waals surface area (Å²) in [5.74, 6) is 0.434. The average Bonchev–Trinajstić information content (AvgIpc) is 2.54. The summed E-state index contributed by atoms with van der Waals surface area (Å²) in [6.07, 6.45) is 6.72. The zero-order chi connectivity index (χ0) is 16.4. The lowest BCUT2D eigenvalue weighted by Crippen LogP contribution is -2.21. The maximum Gasteiger partial charge on any atom is 0.205 e. The van der Waals surface area contributed by atoms with Crippen LogP contribution in [0.25, 0.3) is 6.08 Å². The standard InChI is InChI=1S/C18H16N4O/c1-11-7-13(10-22-9-11)16-14-4-2-3-12(5-6-19)17(14)23-18(21)15(16)8-20/h2-7,9-10,16H,19,21H2,1H3/b6-5-. The Morgan fingerprint density at radius 1 is 1.35 bits per heavy atom. The minimum absolute atomic E-state index is 0.115. The summed E-state index contributed by atoms with van der Waals surface area (Å²) in [4.78, 5) is 4.24. The average molecular weight is 304 g/mol. The molecule has 5 nitrogen and oxygen atoms in total. The van der Waals surface area contributed by atoms with Gasteiger partial charge in [-0.05, 0) is 30.3 Å². The van der Waals surface area contributed by atoms with Gasteiger partial charge in [-0.1, -0.05) is 24.3 Å². The maximum absolute atomic E-state index is 9.54. The Morgan fingerprint density at radius 2 is 2.17 bits per heavy atom. The van der Waals surface area contributed by atoms with E-state index in [0.29, 0.717) is 11.3 Å². The molecule has 0 aliphatic carbocycles. The molecule has 0 radical (unpaired) electrons. The van der Waals surface area contributed by atoms with Crippen LogP contribution < -0.4 is 16.2 Å². The van der Waals surface area contributed by atoms with Crippen molar-refractivity contribution >= 4 is 6.08 Å². The van der Waals surface area contributed by atoms with Crippen molar-refractivity contribution in [2.75, 3.05) is 0 Å². The van der Waals surface area contributed by atoms with Crippen LogP contribution in [-0.2, 0) is 0 Å². The third-order valence-electron chi connectivity index (χ3n) is 3.78. The number of para-hydroxylation sites is 1. The van der Waals surface area contributed by atoms with Crippen LogP contribution in [0.5, 0.6) is 5.75 Å². The summed E-state index contributed by atoms with van der Waals surface area (Å²) in [5, 5.41) is 9.54. The summed E-state index contributed by atoms with van der Waals surface area (Å²) in [7, 11) is 0. The largest absolute Gasteiger partial charge is 0.440 e. The van der Waals surface area contributed by atoms with Gasteiger partial charge in [-0.3, -0.25) is 4.98 Å². The minimum atomic E-state index is -0.303. The van der Waals surface area contributed by atoms with Gasteiger partial charge in [0.2, 0.25) is 5.88 Å². The van der Waals surface area contributed by atoms with E-state index in [1.165, 1.54) is 6.20 Å². The van der Waals surface area contributed by atoms with Crippen molar-refractivity contribution < 1.29 is 4.74 Å². The molecule has 3 rings (SSSR count). The number of nitrogens with two attached hydrogens (primary N) is 2. The zero-order valence-electron chi connectivity index (χ0n) is 12.7. The molecule has 2 heterocycles. The van der Waals surface area contributed by atoms with Crippen LogP contribution in [-0.4, -0.2) is 4.98 Å². The topological polar surface area (TPSA) is 98.0 Å². The molecule has 23 heavy (non-hydrogen) atoms. The van der Waals surface area contributed by atoms with E-state index in [-0.39, 0.29) is 11.8 Å². The van der Waals surface area contributed by atoms with Gasteiger partial charge >= 0.3 is 0 Å². The molecule has 0 saturated carbocycles. The summed E-state index contributed by atoms with van der Waals surface area (Å²) in [6, 6.07) is 9.90. The molecule has 114 valence electrons. The van der Waals surface area contributed by atoms with Crippen LogP contribution in [0.2, 0.25) is 0 Å². The molecular formula is C18H16N4O. The number of hydrogen-bond acceptors (Lipinski definition) is 5. The van der Waals surface area contributed by atoms with E-state index in [4.69, 9.17) is 16.2 Å². The molecular weight excluding hydrogens is 288 g/mol. The molecule has 0 saturated heterocycles. The second kappa shape index (κ2) is 5.85. The van der Waals surface area contributed by atoms with E-state index in [9.17, 15) is 5.26 Å². The van der Waals surface area contributed by atoms with E-state index in [0.717, 1.165) is 22.3 Å². The van der Waals surface area contributed by atoms with Crippen LogP contribution in [0, 0.1) is 18.3 Å². The maximum atomic E-state index is 9.54. The number of aromatic nitrogens is 1. The van der Waals surface area contributed by atoms with Crippen LogP contribution in [0.4, 0.5) is 0 Å². The quantitative estimate of drug-likeness (QED) is 0.888. The number of allylic oxidation sites excluding steroid dienone is 1. The second-order valence-corrected chi connectivity index (χ2v) is 5.35. The Kier molecular flexibility index (Phi) is 3.73. The number of benzene rings is 1. The van der Waals surface area contributed by atoms with Crippen molar-refractivity contribution in [3.63, 3.8) is 0 Å². The van der Waals surface area contributed by atoms with Crippen LogP contribution >= 0.6 is 0 Å². The van der Waals surface area contributed by atoms with Crippen molar-refractivity contribution in [3.05, 3.63) is 76.6 Å². The Labute approximate surface area is 134 Å². The van der Waals surface area contributed by atoms with E-state index < -0.39 is 0 Å². The Hall–Kier alpha value is -3.26. The third-order valence-corrected chi connectivity index (χ3v) is 3.78. The number of nitriles is 1. The summed E-state index contributed by atoms with van der Waals surface area (Å²) in [5.41, 5.74) is 15.5. The van der Waals surface area contributed by atoms with Gasteiger partial charge in [-0.2, -0.15) is 5.26 Å². The van der Waals surface area contributed by atoms with Crippen molar-refractivity contribution in [2.24, 2.45) is 11.5 Å². The number of fused-ring (bicyclic) bond motifs is 1. The van der Waals surface area contributed by atoms with Gasteiger partial charge in [0.25, 0.3) is 0 Å². The Balaban J connectivity index is 2.26. The number of nitrogens with zero attached hydrogens (tertiary/aromatic N) is 2. The van der Waals surface area contributed by atoms with Crippen LogP contribution in [0.1, 0.15) is 28.2 Å². The molecule has 1 unspecified atom stereocenters. The lowest BCUT2D eigenvalue weighted by molar-refractivity contribution is 0.392. The summed E-state index contributed by atoms with van der Waals surface area (Å²) < 4.78 is 5.71. The zero-order valence-corrected chi connectivity index (χ0v) is 12.7. The minimum Gasteiger partial charge on any atom is -0.440 e. The molecule has 5 heteroatoms. The highest BCUT2D eigenvalue weighted by Gasteiger charge is 2.31. The van der Waals surface area contributed by atoms with E-state index in [2.05, 4.69) is 11.1 Å². The first kappa shape index (κ1) is 14.7. The number of pyridine rings is 1. The van der Waals surface area contributed by atoms with Crippen molar-refractivity contribution in [2.45, 2.75) is 12.8 Å². The molecule has 1 aromatic heterocycles. The number of hydrogen-bond donors (Lipinski definition) is 2. The SMILES string of the molecule is Cc1cncc(C2C(C#N)=C(N)Oc3c(/C=C\N)cccc32)c1.